The smallest absolute Gasteiger partial charge is 0.251 e. The van der Waals surface area contributed by atoms with Gasteiger partial charge in [-0.2, -0.15) is 0 Å². The number of aliphatic hydroxyl groups excluding tert-OH is 2. The first-order valence-electron chi connectivity index (χ1n) is 10.5. The molecular formula is C25H24N4O5. The normalized spacial score (nSPS) is 12.1. The van der Waals surface area contributed by atoms with E-state index in [1.165, 1.54) is 6.92 Å². The summed E-state index contributed by atoms with van der Waals surface area (Å²) in [6.45, 7) is 0.759. The van der Waals surface area contributed by atoms with Crippen LogP contribution in [0, 0.1) is 11.8 Å². The van der Waals surface area contributed by atoms with Crippen LogP contribution in [-0.4, -0.2) is 56.1 Å². The molecule has 0 saturated carbocycles. The van der Waals surface area contributed by atoms with Crippen LogP contribution in [0.25, 0.3) is 0 Å². The van der Waals surface area contributed by atoms with Crippen molar-refractivity contribution in [2.24, 2.45) is 0 Å². The van der Waals surface area contributed by atoms with Crippen molar-refractivity contribution >= 4 is 23.3 Å². The van der Waals surface area contributed by atoms with E-state index in [4.69, 9.17) is 5.11 Å². The maximum Gasteiger partial charge on any atom is 0.251 e. The highest BCUT2D eigenvalue weighted by Gasteiger charge is 2.25. The zero-order chi connectivity index (χ0) is 24.5. The minimum Gasteiger partial charge on any atom is -0.391 e. The maximum atomic E-state index is 12.3. The average molecular weight is 460 g/mol. The van der Waals surface area contributed by atoms with E-state index in [1.807, 2.05) is 0 Å². The van der Waals surface area contributed by atoms with Crippen molar-refractivity contribution in [3.8, 4) is 11.8 Å². The lowest BCUT2D eigenvalue weighted by atomic mass is 10.1. The van der Waals surface area contributed by atoms with Gasteiger partial charge in [0.25, 0.3) is 5.91 Å². The van der Waals surface area contributed by atoms with Crippen LogP contribution in [0.1, 0.15) is 28.4 Å². The third-order valence-electron chi connectivity index (χ3n) is 4.82. The first kappa shape index (κ1) is 24.4. The number of anilines is 1. The standard InChI is InChI=1S/C25H24N4O5/c1-17(31)24(22(32)15-30)28-25(34)20-8-4-18(5-9-20)2-3-19-6-10-21(11-7-19)27-23(33)14-29-13-12-26-16-29/h4-13,16-17,24,30-31H,14-15H2,1H3,(H,27,33)(H,28,34)/t17-,24+/m1/s1. The largest absolute Gasteiger partial charge is 0.391 e. The molecule has 0 saturated heterocycles. The Balaban J connectivity index is 1.58. The summed E-state index contributed by atoms with van der Waals surface area (Å²) in [6, 6.07) is 12.4. The van der Waals surface area contributed by atoms with Crippen molar-refractivity contribution in [1.82, 2.24) is 14.9 Å². The molecule has 0 bridgehead atoms. The van der Waals surface area contributed by atoms with E-state index in [1.54, 1.807) is 71.8 Å². The molecule has 0 aliphatic heterocycles. The number of aliphatic hydroxyl groups is 2. The molecule has 0 unspecified atom stereocenters. The second-order valence-corrected chi connectivity index (χ2v) is 7.50. The molecule has 2 amide bonds. The van der Waals surface area contributed by atoms with Crippen LogP contribution in [0.3, 0.4) is 0 Å². The molecule has 1 heterocycles. The molecule has 0 aliphatic rings. The second-order valence-electron chi connectivity index (χ2n) is 7.50. The highest BCUT2D eigenvalue weighted by atomic mass is 16.3. The molecule has 9 nitrogen and oxygen atoms in total. The number of rotatable bonds is 8. The van der Waals surface area contributed by atoms with Gasteiger partial charge in [-0.3, -0.25) is 14.4 Å². The minimum atomic E-state index is -1.18. The topological polar surface area (TPSA) is 134 Å². The molecule has 3 rings (SSSR count). The Kier molecular flexibility index (Phi) is 8.29. The monoisotopic (exact) mass is 460 g/mol. The maximum absolute atomic E-state index is 12.3. The summed E-state index contributed by atoms with van der Waals surface area (Å²) in [6.07, 6.45) is 3.76. The molecule has 34 heavy (non-hydrogen) atoms. The SMILES string of the molecule is C[C@@H](O)[C@H](NC(=O)c1ccc(C#Cc2ccc(NC(=O)Cn3ccnc3)cc2)cc1)C(=O)CO. The molecule has 1 aromatic heterocycles. The van der Waals surface area contributed by atoms with Gasteiger partial charge in [0.1, 0.15) is 19.2 Å². The number of hydrogen-bond donors (Lipinski definition) is 4. The van der Waals surface area contributed by atoms with Crippen LogP contribution in [0.2, 0.25) is 0 Å². The van der Waals surface area contributed by atoms with Gasteiger partial charge in [-0.25, -0.2) is 4.98 Å². The molecule has 4 N–H and O–H groups in total. The zero-order valence-corrected chi connectivity index (χ0v) is 18.4. The molecule has 2 aromatic carbocycles. The number of aromatic nitrogens is 2. The Hall–Kier alpha value is -4.26. The Morgan fingerprint density at radius 1 is 1.03 bits per heavy atom. The van der Waals surface area contributed by atoms with Gasteiger partial charge in [-0.1, -0.05) is 11.8 Å². The Bertz CT molecular complexity index is 1190. The fourth-order valence-electron chi connectivity index (χ4n) is 3.03. The summed E-state index contributed by atoms with van der Waals surface area (Å²) >= 11 is 0. The second kappa shape index (κ2) is 11.6. The predicted octanol–water partition coefficient (Wildman–Crippen LogP) is 0.962. The molecule has 9 heteroatoms. The van der Waals surface area contributed by atoms with Gasteiger partial charge in [0, 0.05) is 34.8 Å². The van der Waals surface area contributed by atoms with Crippen LogP contribution < -0.4 is 10.6 Å². The molecule has 2 atom stereocenters. The van der Waals surface area contributed by atoms with Gasteiger partial charge in [0.2, 0.25) is 5.91 Å². The molecule has 0 radical (unpaired) electrons. The lowest BCUT2D eigenvalue weighted by Crippen LogP contribution is -2.48. The summed E-state index contributed by atoms with van der Waals surface area (Å²) in [7, 11) is 0. The third-order valence-corrected chi connectivity index (χ3v) is 4.82. The molecule has 0 spiro atoms. The highest BCUT2D eigenvalue weighted by molar-refractivity contribution is 5.98. The Morgan fingerprint density at radius 3 is 2.18 bits per heavy atom. The van der Waals surface area contributed by atoms with Crippen LogP contribution in [0.4, 0.5) is 5.69 Å². The van der Waals surface area contributed by atoms with Crippen molar-refractivity contribution in [3.63, 3.8) is 0 Å². The van der Waals surface area contributed by atoms with Gasteiger partial charge in [0.15, 0.2) is 5.78 Å². The quantitative estimate of drug-likeness (QED) is 0.370. The first-order valence-corrected chi connectivity index (χ1v) is 10.5. The van der Waals surface area contributed by atoms with Crippen LogP contribution in [0.15, 0.2) is 67.3 Å². The van der Waals surface area contributed by atoms with E-state index < -0.39 is 30.4 Å². The van der Waals surface area contributed by atoms with Crippen molar-refractivity contribution < 1.29 is 24.6 Å². The highest BCUT2D eigenvalue weighted by Crippen LogP contribution is 2.10. The minimum absolute atomic E-state index is 0.165. The van der Waals surface area contributed by atoms with E-state index in [2.05, 4.69) is 27.5 Å². The molecule has 3 aromatic rings. The van der Waals surface area contributed by atoms with E-state index in [-0.39, 0.29) is 18.0 Å². The lowest BCUT2D eigenvalue weighted by molar-refractivity contribution is -0.126. The van der Waals surface area contributed by atoms with Crippen molar-refractivity contribution in [2.45, 2.75) is 25.6 Å². The van der Waals surface area contributed by atoms with Gasteiger partial charge in [0.05, 0.1) is 12.4 Å². The van der Waals surface area contributed by atoms with Gasteiger partial charge in [-0.05, 0) is 55.5 Å². The summed E-state index contributed by atoms with van der Waals surface area (Å²) < 4.78 is 1.67. The molecule has 0 fully saturated rings. The van der Waals surface area contributed by atoms with Gasteiger partial charge < -0.3 is 25.4 Å². The number of benzene rings is 2. The fourth-order valence-corrected chi connectivity index (χ4v) is 3.03. The van der Waals surface area contributed by atoms with E-state index >= 15 is 0 Å². The number of imidazole rings is 1. The number of amides is 2. The third kappa shape index (κ3) is 6.87. The Morgan fingerprint density at radius 2 is 1.65 bits per heavy atom. The number of carbonyl (C=O) groups is 3. The molecule has 174 valence electrons. The number of nitrogens with one attached hydrogen (secondary N) is 2. The first-order chi connectivity index (χ1) is 16.4. The number of Topliss-reactive ketones (excluding diaryl/α,β-unsaturated/α-hetero) is 1. The van der Waals surface area contributed by atoms with E-state index in [0.717, 1.165) is 5.56 Å². The van der Waals surface area contributed by atoms with Crippen molar-refractivity contribution in [3.05, 3.63) is 83.9 Å². The van der Waals surface area contributed by atoms with Gasteiger partial charge >= 0.3 is 0 Å². The summed E-state index contributed by atoms with van der Waals surface area (Å²) in [5.41, 5.74) is 2.36. The van der Waals surface area contributed by atoms with Crippen molar-refractivity contribution in [2.75, 3.05) is 11.9 Å². The van der Waals surface area contributed by atoms with Gasteiger partial charge in [-0.15, -0.1) is 0 Å². The van der Waals surface area contributed by atoms with E-state index in [0.29, 0.717) is 11.3 Å². The Labute approximate surface area is 196 Å². The zero-order valence-electron chi connectivity index (χ0n) is 18.4. The lowest BCUT2D eigenvalue weighted by Gasteiger charge is -2.19. The number of hydrogen-bond acceptors (Lipinski definition) is 6. The number of ketones is 1. The van der Waals surface area contributed by atoms with Crippen LogP contribution in [-0.2, 0) is 16.1 Å². The number of nitrogens with zero attached hydrogens (tertiary/aromatic N) is 2. The number of carbonyl (C=O) groups excluding carboxylic acids is 3. The van der Waals surface area contributed by atoms with E-state index in [9.17, 15) is 19.5 Å². The predicted molar refractivity (Wildman–Crippen MR) is 125 cm³/mol. The average Bonchev–Trinajstić information content (AvgIpc) is 3.34. The summed E-state index contributed by atoms with van der Waals surface area (Å²) in [5, 5.41) is 23.9. The van der Waals surface area contributed by atoms with Crippen molar-refractivity contribution in [1.29, 1.82) is 0 Å². The molecular weight excluding hydrogens is 436 g/mol. The molecule has 0 aliphatic carbocycles. The fraction of sp³-hybridized carbons (Fsp3) is 0.200. The summed E-state index contributed by atoms with van der Waals surface area (Å²) in [5.74, 6) is 4.63. The van der Waals surface area contributed by atoms with Crippen LogP contribution in [0.5, 0.6) is 0 Å². The van der Waals surface area contributed by atoms with Crippen LogP contribution >= 0.6 is 0 Å². The summed E-state index contributed by atoms with van der Waals surface area (Å²) in [4.78, 5) is 39.9.